The quantitative estimate of drug-likeness (QED) is 0.319. The first-order chi connectivity index (χ1) is 14.3. The zero-order valence-electron chi connectivity index (χ0n) is 18.6. The van der Waals surface area contributed by atoms with Crippen LogP contribution >= 0.6 is 0 Å². The van der Waals surface area contributed by atoms with Crippen LogP contribution in [0.2, 0.25) is 0 Å². The van der Waals surface area contributed by atoms with Gasteiger partial charge in [-0.15, -0.1) is 0 Å². The maximum atomic E-state index is 5.83. The van der Waals surface area contributed by atoms with Gasteiger partial charge in [0.05, 0.1) is 0 Å². The van der Waals surface area contributed by atoms with Crippen molar-refractivity contribution < 1.29 is 9.47 Å². The van der Waals surface area contributed by atoms with Gasteiger partial charge in [0, 0.05) is 53.1 Å². The molecule has 1 heterocycles. The Morgan fingerprint density at radius 3 is 2.55 bits per heavy atom. The van der Waals surface area contributed by atoms with Crippen LogP contribution in [0.5, 0.6) is 0 Å². The molecule has 2 N–H and O–H groups in total. The molecule has 6 heteroatoms. The molecule has 1 aromatic rings. The van der Waals surface area contributed by atoms with Crippen LogP contribution in [-0.4, -0.2) is 64.0 Å². The van der Waals surface area contributed by atoms with Crippen LogP contribution in [0.1, 0.15) is 44.2 Å². The number of ether oxygens (including phenoxy) is 2. The predicted octanol–water partition coefficient (Wildman–Crippen LogP) is 3.03. The summed E-state index contributed by atoms with van der Waals surface area (Å²) in [7, 11) is 1.82. The van der Waals surface area contributed by atoms with Gasteiger partial charge in [0.1, 0.15) is 0 Å². The SMILES string of the molecule is CCN(CC)Cc1ccccc1CNC(=NC)NCCCOCC1CCOCC1. The van der Waals surface area contributed by atoms with E-state index < -0.39 is 0 Å². The fraction of sp³-hybridized carbons (Fsp3) is 0.696. The van der Waals surface area contributed by atoms with Gasteiger partial charge in [0.2, 0.25) is 0 Å². The molecule has 0 aliphatic carbocycles. The van der Waals surface area contributed by atoms with Crippen LogP contribution in [0.3, 0.4) is 0 Å². The zero-order valence-corrected chi connectivity index (χ0v) is 18.6. The van der Waals surface area contributed by atoms with E-state index >= 15 is 0 Å². The molecule has 1 fully saturated rings. The molecule has 2 rings (SSSR count). The normalized spacial score (nSPS) is 15.7. The summed E-state index contributed by atoms with van der Waals surface area (Å²) >= 11 is 0. The molecule has 0 aromatic heterocycles. The van der Waals surface area contributed by atoms with Crippen molar-refractivity contribution in [2.24, 2.45) is 10.9 Å². The second kappa shape index (κ2) is 14.4. The highest BCUT2D eigenvalue weighted by Crippen LogP contribution is 2.14. The van der Waals surface area contributed by atoms with E-state index in [4.69, 9.17) is 9.47 Å². The number of hydrogen-bond acceptors (Lipinski definition) is 4. The molecule has 29 heavy (non-hydrogen) atoms. The van der Waals surface area contributed by atoms with Gasteiger partial charge in [-0.05, 0) is 49.4 Å². The minimum atomic E-state index is 0.669. The molecule has 6 nitrogen and oxygen atoms in total. The van der Waals surface area contributed by atoms with E-state index in [1.807, 2.05) is 7.05 Å². The number of nitrogens with zero attached hydrogens (tertiary/aromatic N) is 2. The molecule has 0 radical (unpaired) electrons. The van der Waals surface area contributed by atoms with Gasteiger partial charge in [-0.25, -0.2) is 0 Å². The van der Waals surface area contributed by atoms with Crippen molar-refractivity contribution in [1.29, 1.82) is 0 Å². The Bertz CT molecular complexity index is 584. The summed E-state index contributed by atoms with van der Waals surface area (Å²) in [5, 5.41) is 6.83. The van der Waals surface area contributed by atoms with Crippen LogP contribution in [0.15, 0.2) is 29.3 Å². The molecule has 164 valence electrons. The lowest BCUT2D eigenvalue weighted by Gasteiger charge is -2.21. The first kappa shape index (κ1) is 23.6. The van der Waals surface area contributed by atoms with Crippen LogP contribution < -0.4 is 10.6 Å². The summed E-state index contributed by atoms with van der Waals surface area (Å²) in [4.78, 5) is 6.78. The van der Waals surface area contributed by atoms with Gasteiger partial charge >= 0.3 is 0 Å². The molecule has 0 spiro atoms. The van der Waals surface area contributed by atoms with E-state index in [0.717, 1.165) is 84.4 Å². The van der Waals surface area contributed by atoms with Crippen molar-refractivity contribution in [2.45, 2.75) is 46.2 Å². The molecule has 0 bridgehead atoms. The predicted molar refractivity (Wildman–Crippen MR) is 120 cm³/mol. The Hall–Kier alpha value is -1.63. The van der Waals surface area contributed by atoms with Gasteiger partial charge in [0.15, 0.2) is 5.96 Å². The minimum Gasteiger partial charge on any atom is -0.381 e. The van der Waals surface area contributed by atoms with Crippen LogP contribution in [0.4, 0.5) is 0 Å². The number of rotatable bonds is 12. The highest BCUT2D eigenvalue weighted by atomic mass is 16.5. The van der Waals surface area contributed by atoms with E-state index in [1.54, 1.807) is 0 Å². The maximum absolute atomic E-state index is 5.83. The maximum Gasteiger partial charge on any atom is 0.191 e. The Kier molecular flexibility index (Phi) is 11.7. The lowest BCUT2D eigenvalue weighted by Crippen LogP contribution is -2.38. The fourth-order valence-corrected chi connectivity index (χ4v) is 3.52. The van der Waals surface area contributed by atoms with Gasteiger partial charge in [-0.1, -0.05) is 38.1 Å². The van der Waals surface area contributed by atoms with Crippen molar-refractivity contribution in [1.82, 2.24) is 15.5 Å². The Labute approximate surface area is 177 Å². The second-order valence-electron chi connectivity index (χ2n) is 7.57. The number of aliphatic imine (C=N–C) groups is 1. The standard InChI is InChI=1S/C23H40N4O2/c1-4-27(5-2)18-22-10-7-6-9-21(22)17-26-23(24-3)25-13-8-14-29-19-20-11-15-28-16-12-20/h6-7,9-10,20H,4-5,8,11-19H2,1-3H3,(H2,24,25,26). The third kappa shape index (κ3) is 9.15. The van der Waals surface area contributed by atoms with Crippen LogP contribution in [0, 0.1) is 5.92 Å². The summed E-state index contributed by atoms with van der Waals surface area (Å²) < 4.78 is 11.2. The van der Waals surface area contributed by atoms with Crippen molar-refractivity contribution >= 4 is 5.96 Å². The van der Waals surface area contributed by atoms with Crippen LogP contribution in [-0.2, 0) is 22.6 Å². The van der Waals surface area contributed by atoms with Crippen molar-refractivity contribution in [3.8, 4) is 0 Å². The van der Waals surface area contributed by atoms with Gasteiger partial charge in [-0.3, -0.25) is 9.89 Å². The van der Waals surface area contributed by atoms with Gasteiger partial charge in [-0.2, -0.15) is 0 Å². The molecule has 1 aliphatic rings. The average Bonchev–Trinajstić information content (AvgIpc) is 2.77. The third-order valence-corrected chi connectivity index (χ3v) is 5.53. The Morgan fingerprint density at radius 2 is 1.86 bits per heavy atom. The first-order valence-electron chi connectivity index (χ1n) is 11.2. The van der Waals surface area contributed by atoms with Gasteiger partial charge < -0.3 is 20.1 Å². The molecule has 0 amide bonds. The van der Waals surface area contributed by atoms with Crippen molar-refractivity contribution in [2.75, 3.05) is 53.1 Å². The molecular weight excluding hydrogens is 364 g/mol. The molecule has 0 unspecified atom stereocenters. The lowest BCUT2D eigenvalue weighted by atomic mass is 10.0. The van der Waals surface area contributed by atoms with E-state index in [9.17, 15) is 0 Å². The highest BCUT2D eigenvalue weighted by molar-refractivity contribution is 5.79. The first-order valence-corrected chi connectivity index (χ1v) is 11.2. The summed E-state index contributed by atoms with van der Waals surface area (Å²) in [5.74, 6) is 1.51. The largest absolute Gasteiger partial charge is 0.381 e. The van der Waals surface area contributed by atoms with Crippen LogP contribution in [0.25, 0.3) is 0 Å². The molecule has 1 aromatic carbocycles. The summed E-state index contributed by atoms with van der Waals surface area (Å²) in [6.45, 7) is 12.6. The van der Waals surface area contributed by atoms with Crippen molar-refractivity contribution in [3.05, 3.63) is 35.4 Å². The zero-order chi connectivity index (χ0) is 20.7. The summed E-state index contributed by atoms with van der Waals surface area (Å²) in [6.07, 6.45) is 3.23. The molecule has 1 saturated heterocycles. The molecule has 0 saturated carbocycles. The molecular formula is C23H40N4O2. The van der Waals surface area contributed by atoms with E-state index in [2.05, 4.69) is 58.6 Å². The topological polar surface area (TPSA) is 58.1 Å². The van der Waals surface area contributed by atoms with E-state index in [0.29, 0.717) is 5.92 Å². The number of guanidine groups is 1. The van der Waals surface area contributed by atoms with E-state index in [-0.39, 0.29) is 0 Å². The highest BCUT2D eigenvalue weighted by Gasteiger charge is 2.13. The Balaban J connectivity index is 1.66. The molecule has 0 atom stereocenters. The fourth-order valence-electron chi connectivity index (χ4n) is 3.52. The lowest BCUT2D eigenvalue weighted by molar-refractivity contribution is 0.0203. The number of hydrogen-bond donors (Lipinski definition) is 2. The number of benzene rings is 1. The van der Waals surface area contributed by atoms with Crippen molar-refractivity contribution in [3.63, 3.8) is 0 Å². The third-order valence-electron chi connectivity index (χ3n) is 5.53. The monoisotopic (exact) mass is 404 g/mol. The van der Waals surface area contributed by atoms with E-state index in [1.165, 1.54) is 11.1 Å². The smallest absolute Gasteiger partial charge is 0.191 e. The summed E-state index contributed by atoms with van der Waals surface area (Å²) in [6, 6.07) is 8.65. The summed E-state index contributed by atoms with van der Waals surface area (Å²) in [5.41, 5.74) is 2.70. The Morgan fingerprint density at radius 1 is 1.14 bits per heavy atom. The second-order valence-corrected chi connectivity index (χ2v) is 7.57. The average molecular weight is 405 g/mol. The molecule has 1 aliphatic heterocycles. The minimum absolute atomic E-state index is 0.669. The number of nitrogens with one attached hydrogen (secondary N) is 2. The van der Waals surface area contributed by atoms with Gasteiger partial charge in [0.25, 0.3) is 0 Å².